The molecule has 0 radical (unpaired) electrons. The minimum Gasteiger partial charge on any atom is -0.456 e. The van der Waals surface area contributed by atoms with Crippen molar-refractivity contribution in [3.05, 3.63) is 198 Å². The van der Waals surface area contributed by atoms with E-state index in [-0.39, 0.29) is 22.2 Å². The molecule has 0 fully saturated rings. The highest BCUT2D eigenvalue weighted by Gasteiger charge is 2.39. The predicted octanol–water partition coefficient (Wildman–Crippen LogP) is 15.4. The first-order valence-corrected chi connectivity index (χ1v) is 21.4. The third-order valence-electron chi connectivity index (χ3n) is 13.9. The minimum absolute atomic E-state index is 0.0887. The molecule has 0 saturated carbocycles. The fourth-order valence-corrected chi connectivity index (χ4v) is 11.6. The molecule has 2 heterocycles. The Morgan fingerprint density at radius 2 is 1.45 bits per heavy atom. The van der Waals surface area contributed by atoms with Crippen molar-refractivity contribution in [2.24, 2.45) is 5.41 Å². The molecule has 3 atom stereocenters. The van der Waals surface area contributed by atoms with Gasteiger partial charge in [0.25, 0.3) is 0 Å². The Morgan fingerprint density at radius 1 is 0.655 bits per heavy atom. The van der Waals surface area contributed by atoms with E-state index in [0.29, 0.717) is 0 Å². The molecule has 2 aromatic heterocycles. The Bertz CT molecular complexity index is 3230. The Kier molecular flexibility index (Phi) is 6.99. The van der Waals surface area contributed by atoms with Crippen LogP contribution in [0, 0.1) is 5.41 Å². The summed E-state index contributed by atoms with van der Waals surface area (Å²) in [4.78, 5) is 2.48. The average Bonchev–Trinajstić information content (AvgIpc) is 3.88. The lowest BCUT2D eigenvalue weighted by Gasteiger charge is -2.35. The van der Waals surface area contributed by atoms with E-state index in [1.54, 1.807) is 0 Å². The maximum Gasteiger partial charge on any atom is 0.135 e. The van der Waals surface area contributed by atoms with Gasteiger partial charge in [-0.2, -0.15) is 0 Å². The first-order chi connectivity index (χ1) is 28.2. The molecule has 0 aliphatic heterocycles. The van der Waals surface area contributed by atoms with Crippen LogP contribution in [0.4, 0.5) is 11.4 Å². The van der Waals surface area contributed by atoms with E-state index < -0.39 is 0 Å². The molecule has 4 aliphatic carbocycles. The van der Waals surface area contributed by atoms with Crippen molar-refractivity contribution in [3.63, 3.8) is 0 Å². The van der Waals surface area contributed by atoms with Gasteiger partial charge in [0.2, 0.25) is 0 Å². The first kappa shape index (κ1) is 33.9. The smallest absolute Gasteiger partial charge is 0.135 e. The number of furan rings is 1. The van der Waals surface area contributed by atoms with E-state index in [9.17, 15) is 0 Å². The van der Waals surface area contributed by atoms with Gasteiger partial charge in [0.05, 0.1) is 0 Å². The Morgan fingerprint density at radius 3 is 2.33 bits per heavy atom. The second-order valence-electron chi connectivity index (χ2n) is 17.8. The highest BCUT2D eigenvalue weighted by Crippen LogP contribution is 2.54. The second-order valence-corrected chi connectivity index (χ2v) is 18.9. The van der Waals surface area contributed by atoms with Crippen molar-refractivity contribution >= 4 is 70.7 Å². The number of thiophene rings is 1. The van der Waals surface area contributed by atoms with Crippen LogP contribution < -0.4 is 4.90 Å². The van der Waals surface area contributed by atoms with E-state index in [1.807, 2.05) is 11.3 Å². The van der Waals surface area contributed by atoms with Crippen molar-refractivity contribution in [3.8, 4) is 11.1 Å². The molecule has 0 spiro atoms. The van der Waals surface area contributed by atoms with Gasteiger partial charge < -0.3 is 9.32 Å². The second kappa shape index (κ2) is 11.9. The zero-order valence-electron chi connectivity index (χ0n) is 33.2. The van der Waals surface area contributed by atoms with Crippen LogP contribution in [0.1, 0.15) is 68.0 Å². The molecule has 6 aromatic carbocycles. The SMILES string of the molecule is CC1(c2ccc3sc4ccccc4c3c2)C=CC(N(c2ccc3c(c2)-c2c(ccc4ccccc24)C3(C)C)c2ccc3oc4c(c3c2)C2C=CC=CC2(C)C=C4)=CC1. The van der Waals surface area contributed by atoms with Gasteiger partial charge in [-0.05, 0) is 106 Å². The Hall–Kier alpha value is -6.16. The number of fused-ring (bicyclic) bond motifs is 13. The van der Waals surface area contributed by atoms with Crippen molar-refractivity contribution < 1.29 is 4.42 Å². The molecular formula is C55H43NOS. The van der Waals surface area contributed by atoms with E-state index in [4.69, 9.17) is 4.42 Å². The summed E-state index contributed by atoms with van der Waals surface area (Å²) in [7, 11) is 0. The monoisotopic (exact) mass is 765 g/mol. The fourth-order valence-electron chi connectivity index (χ4n) is 10.6. The highest BCUT2D eigenvalue weighted by atomic mass is 32.1. The van der Waals surface area contributed by atoms with Crippen molar-refractivity contribution in [1.29, 1.82) is 0 Å². The lowest BCUT2D eigenvalue weighted by molar-refractivity contribution is 0.468. The van der Waals surface area contributed by atoms with Crippen LogP contribution in [0.15, 0.2) is 174 Å². The molecule has 12 rings (SSSR count). The molecule has 2 nitrogen and oxygen atoms in total. The van der Waals surface area contributed by atoms with Gasteiger partial charge in [-0.3, -0.25) is 0 Å². The molecule has 0 amide bonds. The van der Waals surface area contributed by atoms with Gasteiger partial charge in [-0.25, -0.2) is 0 Å². The molecule has 0 saturated heterocycles. The standard InChI is InChI=1S/C55H43NOS/c1-53(2)44-21-18-37(32-42(44)51-39-12-6-5-11-34(39)16-20-45(51)53)56(38-19-22-47-43(33-38)52-46-14-9-10-27-55(46,4)30-26-48(52)57-47)36-24-28-54(3,29-25-36)35-17-23-50-41(31-35)40-13-7-8-15-49(40)58-50/h5-28,30-33,46H,29H2,1-4H3. The lowest BCUT2D eigenvalue weighted by Crippen LogP contribution is -2.25. The summed E-state index contributed by atoms with van der Waals surface area (Å²) < 4.78 is 9.26. The van der Waals surface area contributed by atoms with Crippen LogP contribution in [-0.2, 0) is 10.8 Å². The third kappa shape index (κ3) is 4.77. The quantitative estimate of drug-likeness (QED) is 0.177. The maximum atomic E-state index is 6.57. The molecule has 3 heteroatoms. The lowest BCUT2D eigenvalue weighted by atomic mass is 9.68. The fraction of sp³-hybridized carbons (Fsp3) is 0.164. The van der Waals surface area contributed by atoms with Gasteiger partial charge in [0.1, 0.15) is 11.3 Å². The third-order valence-corrected chi connectivity index (χ3v) is 15.1. The summed E-state index contributed by atoms with van der Waals surface area (Å²) in [5, 5.41) is 6.47. The van der Waals surface area contributed by atoms with Gasteiger partial charge in [0.15, 0.2) is 0 Å². The molecule has 0 bridgehead atoms. The van der Waals surface area contributed by atoms with Crippen LogP contribution in [0.25, 0.3) is 59.1 Å². The van der Waals surface area contributed by atoms with Crippen LogP contribution in [0.5, 0.6) is 0 Å². The van der Waals surface area contributed by atoms with Gasteiger partial charge in [0, 0.05) is 70.4 Å². The molecular weight excluding hydrogens is 723 g/mol. The number of anilines is 2. The topological polar surface area (TPSA) is 16.4 Å². The normalized spacial score (nSPS) is 22.3. The van der Waals surface area contributed by atoms with Gasteiger partial charge in [-0.1, -0.05) is 137 Å². The molecule has 0 N–H and O–H groups in total. The Balaban J connectivity index is 1.02. The summed E-state index contributed by atoms with van der Waals surface area (Å²) >= 11 is 1.88. The van der Waals surface area contributed by atoms with Gasteiger partial charge in [-0.15, -0.1) is 11.3 Å². The minimum atomic E-state index is -0.141. The number of rotatable bonds is 4. The van der Waals surface area contributed by atoms with E-state index >= 15 is 0 Å². The summed E-state index contributed by atoms with van der Waals surface area (Å²) in [6, 6.07) is 43.4. The van der Waals surface area contributed by atoms with Crippen molar-refractivity contribution in [2.45, 2.75) is 50.9 Å². The molecule has 3 unspecified atom stereocenters. The van der Waals surface area contributed by atoms with Crippen LogP contribution in [0.2, 0.25) is 0 Å². The molecule has 4 aliphatic rings. The number of benzene rings is 6. The maximum absolute atomic E-state index is 6.57. The van der Waals surface area contributed by atoms with Crippen molar-refractivity contribution in [1.82, 2.24) is 0 Å². The number of allylic oxidation sites excluding steroid dienone is 8. The van der Waals surface area contributed by atoms with Gasteiger partial charge >= 0.3 is 0 Å². The highest BCUT2D eigenvalue weighted by molar-refractivity contribution is 7.25. The largest absolute Gasteiger partial charge is 0.456 e. The summed E-state index contributed by atoms with van der Waals surface area (Å²) in [6.07, 6.45) is 21.7. The molecule has 280 valence electrons. The average molecular weight is 766 g/mol. The first-order valence-electron chi connectivity index (χ1n) is 20.6. The molecule has 58 heavy (non-hydrogen) atoms. The summed E-state index contributed by atoms with van der Waals surface area (Å²) in [5.41, 5.74) is 12.1. The zero-order valence-corrected chi connectivity index (χ0v) is 34.0. The summed E-state index contributed by atoms with van der Waals surface area (Å²) in [5.74, 6) is 1.17. The van der Waals surface area contributed by atoms with Crippen LogP contribution in [0.3, 0.4) is 0 Å². The number of hydrogen-bond acceptors (Lipinski definition) is 3. The number of nitrogens with zero attached hydrogens (tertiary/aromatic N) is 1. The predicted molar refractivity (Wildman–Crippen MR) is 247 cm³/mol. The van der Waals surface area contributed by atoms with E-state index in [2.05, 4.69) is 203 Å². The summed E-state index contributed by atoms with van der Waals surface area (Å²) in [6.45, 7) is 9.46. The van der Waals surface area contributed by atoms with Crippen LogP contribution in [-0.4, -0.2) is 0 Å². The zero-order chi connectivity index (χ0) is 39.0. The van der Waals surface area contributed by atoms with Crippen molar-refractivity contribution in [2.75, 3.05) is 4.90 Å². The molecule has 8 aromatic rings. The number of hydrogen-bond donors (Lipinski definition) is 0. The van der Waals surface area contributed by atoms with Crippen LogP contribution >= 0.6 is 11.3 Å². The van der Waals surface area contributed by atoms with E-state index in [1.165, 1.54) is 75.4 Å². The van der Waals surface area contributed by atoms with E-state index in [0.717, 1.165) is 29.1 Å². The Labute approximate surface area is 343 Å².